The first-order valence-corrected chi connectivity index (χ1v) is 4.44. The fourth-order valence-corrected chi connectivity index (χ4v) is 1.31. The van der Waals surface area contributed by atoms with Gasteiger partial charge in [-0.25, -0.2) is 4.79 Å². The van der Waals surface area contributed by atoms with Crippen molar-refractivity contribution in [3.63, 3.8) is 0 Å². The van der Waals surface area contributed by atoms with Crippen molar-refractivity contribution in [2.45, 2.75) is 19.4 Å². The smallest absolute Gasteiger partial charge is 0.329 e. The summed E-state index contributed by atoms with van der Waals surface area (Å²) < 4.78 is 1.07. The highest BCUT2D eigenvalue weighted by Gasteiger charge is 2.19. The second-order valence-electron chi connectivity index (χ2n) is 3.15. The summed E-state index contributed by atoms with van der Waals surface area (Å²) in [5, 5.41) is 2.80. The first-order chi connectivity index (χ1) is 7.02. The molecule has 1 heterocycles. The summed E-state index contributed by atoms with van der Waals surface area (Å²) in [5.74, 6) is -0.0183. The molecular formula is C8H12N4O3. The van der Waals surface area contributed by atoms with Crippen LogP contribution < -0.4 is 17.0 Å². The molecule has 82 valence electrons. The van der Waals surface area contributed by atoms with E-state index in [1.165, 1.54) is 7.05 Å². The van der Waals surface area contributed by atoms with Gasteiger partial charge in [-0.2, -0.15) is 4.91 Å². The van der Waals surface area contributed by atoms with E-state index in [-0.39, 0.29) is 11.4 Å². The topological polar surface area (TPSA) is 110 Å². The van der Waals surface area contributed by atoms with E-state index >= 15 is 0 Å². The van der Waals surface area contributed by atoms with Crippen LogP contribution in [0, 0.1) is 4.91 Å². The van der Waals surface area contributed by atoms with Gasteiger partial charge in [0.25, 0.3) is 5.56 Å². The quantitative estimate of drug-likeness (QED) is 0.680. The summed E-state index contributed by atoms with van der Waals surface area (Å²) in [6.45, 7) is 1.70. The van der Waals surface area contributed by atoms with Crippen molar-refractivity contribution in [3.8, 4) is 0 Å². The number of nitrogens with two attached hydrogens (primary N) is 1. The van der Waals surface area contributed by atoms with E-state index in [1.54, 1.807) is 6.92 Å². The third-order valence-corrected chi connectivity index (χ3v) is 2.25. The Kier molecular flexibility index (Phi) is 3.03. The molecule has 0 aromatic carbocycles. The summed E-state index contributed by atoms with van der Waals surface area (Å²) in [6, 6.07) is -0.819. The summed E-state index contributed by atoms with van der Waals surface area (Å²) in [6.07, 6.45) is 0.356. The van der Waals surface area contributed by atoms with Gasteiger partial charge in [-0.15, -0.1) is 0 Å². The highest BCUT2D eigenvalue weighted by molar-refractivity contribution is 5.40. The van der Waals surface area contributed by atoms with Crippen molar-refractivity contribution < 1.29 is 0 Å². The molecule has 0 aliphatic rings. The highest BCUT2D eigenvalue weighted by atomic mass is 16.3. The van der Waals surface area contributed by atoms with Gasteiger partial charge in [-0.3, -0.25) is 14.3 Å². The summed E-state index contributed by atoms with van der Waals surface area (Å²) in [4.78, 5) is 35.1. The largest absolute Gasteiger partial charge is 0.385 e. The molecule has 1 aromatic heterocycles. The van der Waals surface area contributed by atoms with Crippen LogP contribution in [-0.2, 0) is 7.05 Å². The van der Waals surface area contributed by atoms with Crippen LogP contribution in [-0.4, -0.2) is 9.55 Å². The number of nitroso groups, excluding NO2 is 1. The average molecular weight is 212 g/mol. The maximum absolute atomic E-state index is 11.4. The minimum atomic E-state index is -0.819. The van der Waals surface area contributed by atoms with Crippen molar-refractivity contribution >= 4 is 5.82 Å². The number of H-pyrrole nitrogens is 1. The zero-order valence-corrected chi connectivity index (χ0v) is 8.48. The van der Waals surface area contributed by atoms with Gasteiger partial charge in [0.05, 0.1) is 5.56 Å². The predicted molar refractivity (Wildman–Crippen MR) is 55.5 cm³/mol. The van der Waals surface area contributed by atoms with Crippen LogP contribution in [0.25, 0.3) is 0 Å². The molecule has 1 atom stereocenters. The van der Waals surface area contributed by atoms with E-state index in [0.29, 0.717) is 6.42 Å². The van der Waals surface area contributed by atoms with Crippen LogP contribution in [0.15, 0.2) is 14.8 Å². The fraction of sp³-hybridized carbons (Fsp3) is 0.500. The van der Waals surface area contributed by atoms with E-state index < -0.39 is 17.3 Å². The predicted octanol–water partition coefficient (Wildman–Crippen LogP) is -0.127. The van der Waals surface area contributed by atoms with Crippen molar-refractivity contribution in [2.75, 3.05) is 5.73 Å². The number of anilines is 1. The average Bonchev–Trinajstić information content (AvgIpc) is 2.21. The van der Waals surface area contributed by atoms with Gasteiger partial charge < -0.3 is 5.73 Å². The van der Waals surface area contributed by atoms with E-state index in [2.05, 4.69) is 10.2 Å². The lowest BCUT2D eigenvalue weighted by atomic mass is 10.1. The molecule has 0 saturated carbocycles. The standard InChI is InChI=1S/C8H12N4O3/c1-3-4(11-15)5-6(9)12(2)8(14)10-7(5)13/h4H,3,9H2,1-2H3,(H,10,13,14). The van der Waals surface area contributed by atoms with Gasteiger partial charge in [0, 0.05) is 7.05 Å². The fourth-order valence-electron chi connectivity index (χ4n) is 1.31. The van der Waals surface area contributed by atoms with Crippen molar-refractivity contribution in [1.82, 2.24) is 9.55 Å². The molecule has 0 aliphatic carbocycles. The molecule has 0 bridgehead atoms. The Hall–Kier alpha value is -1.92. The van der Waals surface area contributed by atoms with Gasteiger partial charge in [0.1, 0.15) is 11.9 Å². The Morgan fingerprint density at radius 2 is 2.13 bits per heavy atom. The van der Waals surface area contributed by atoms with Crippen LogP contribution in [0.1, 0.15) is 24.9 Å². The third-order valence-electron chi connectivity index (χ3n) is 2.25. The summed E-state index contributed by atoms with van der Waals surface area (Å²) in [7, 11) is 1.41. The van der Waals surface area contributed by atoms with Crippen LogP contribution >= 0.6 is 0 Å². The molecule has 0 spiro atoms. The Bertz CT molecular complexity index is 488. The molecule has 7 heteroatoms. The minimum absolute atomic E-state index is 0.0183. The van der Waals surface area contributed by atoms with Crippen LogP contribution in [0.2, 0.25) is 0 Å². The zero-order valence-electron chi connectivity index (χ0n) is 8.48. The number of hydrogen-bond donors (Lipinski definition) is 2. The molecule has 3 N–H and O–H groups in total. The van der Waals surface area contributed by atoms with Gasteiger partial charge in [-0.05, 0) is 6.42 Å². The molecule has 0 saturated heterocycles. The lowest BCUT2D eigenvalue weighted by Crippen LogP contribution is -2.33. The summed E-state index contributed by atoms with van der Waals surface area (Å²) in [5.41, 5.74) is 4.37. The molecule has 0 aliphatic heterocycles. The Balaban J connectivity index is 3.55. The monoisotopic (exact) mass is 212 g/mol. The third kappa shape index (κ3) is 1.80. The van der Waals surface area contributed by atoms with E-state index in [4.69, 9.17) is 5.73 Å². The lowest BCUT2D eigenvalue weighted by Gasteiger charge is -2.10. The Morgan fingerprint density at radius 3 is 2.60 bits per heavy atom. The van der Waals surface area contributed by atoms with Gasteiger partial charge in [0.15, 0.2) is 0 Å². The number of hydrogen-bond acceptors (Lipinski definition) is 5. The number of aromatic nitrogens is 2. The molecule has 7 nitrogen and oxygen atoms in total. The van der Waals surface area contributed by atoms with Crippen molar-refractivity contribution in [2.24, 2.45) is 12.2 Å². The van der Waals surface area contributed by atoms with E-state index in [0.717, 1.165) is 4.57 Å². The molecule has 1 aromatic rings. The first kappa shape index (κ1) is 11.2. The molecule has 0 amide bonds. The van der Waals surface area contributed by atoms with Crippen molar-refractivity contribution in [3.05, 3.63) is 31.3 Å². The Morgan fingerprint density at radius 1 is 1.53 bits per heavy atom. The van der Waals surface area contributed by atoms with Crippen molar-refractivity contribution in [1.29, 1.82) is 0 Å². The molecule has 0 radical (unpaired) electrons. The minimum Gasteiger partial charge on any atom is -0.385 e. The maximum atomic E-state index is 11.4. The lowest BCUT2D eigenvalue weighted by molar-refractivity contribution is 0.665. The van der Waals surface area contributed by atoms with E-state index in [1.807, 2.05) is 0 Å². The molecule has 1 rings (SSSR count). The van der Waals surface area contributed by atoms with Crippen LogP contribution in [0.3, 0.4) is 0 Å². The second-order valence-corrected chi connectivity index (χ2v) is 3.15. The van der Waals surface area contributed by atoms with Gasteiger partial charge >= 0.3 is 5.69 Å². The maximum Gasteiger partial charge on any atom is 0.329 e. The van der Waals surface area contributed by atoms with Gasteiger partial charge in [-0.1, -0.05) is 12.1 Å². The first-order valence-electron chi connectivity index (χ1n) is 4.44. The highest BCUT2D eigenvalue weighted by Crippen LogP contribution is 2.20. The molecule has 0 fully saturated rings. The number of nitrogens with one attached hydrogen (secondary N) is 1. The SMILES string of the molecule is CCC(N=O)c1c(N)n(C)c(=O)[nH]c1=O. The second kappa shape index (κ2) is 4.07. The van der Waals surface area contributed by atoms with Crippen LogP contribution in [0.4, 0.5) is 5.82 Å². The van der Waals surface area contributed by atoms with Crippen LogP contribution in [0.5, 0.6) is 0 Å². The number of rotatable bonds is 3. The molecule has 1 unspecified atom stereocenters. The zero-order chi connectivity index (χ0) is 11.6. The normalized spacial score (nSPS) is 12.4. The molecule has 15 heavy (non-hydrogen) atoms. The van der Waals surface area contributed by atoms with E-state index in [9.17, 15) is 14.5 Å². The number of nitrogens with zero attached hydrogens (tertiary/aromatic N) is 2. The number of aromatic amines is 1. The Labute approximate surface area is 84.9 Å². The number of nitrogen functional groups attached to an aromatic ring is 1. The molecular weight excluding hydrogens is 200 g/mol. The van der Waals surface area contributed by atoms with Gasteiger partial charge in [0.2, 0.25) is 0 Å². The summed E-state index contributed by atoms with van der Waals surface area (Å²) >= 11 is 0.